The summed E-state index contributed by atoms with van der Waals surface area (Å²) < 4.78 is 45.2. The molecule has 0 saturated carbocycles. The number of rotatable bonds is 13. The molecule has 4 N–H and O–H groups in total. The Hall–Kier alpha value is -4.83. The van der Waals surface area contributed by atoms with Crippen LogP contribution in [0, 0.1) is 0 Å². The summed E-state index contributed by atoms with van der Waals surface area (Å²) in [6, 6.07) is 26.8. The van der Waals surface area contributed by atoms with Crippen LogP contribution in [-0.4, -0.2) is 69.0 Å². The van der Waals surface area contributed by atoms with E-state index in [2.05, 4.69) is 28.8 Å². The second-order valence-corrected chi connectivity index (χ2v) is 17.7. The first-order chi connectivity index (χ1) is 24.7. The number of nitrogens with one attached hydrogen (secondary N) is 1. The summed E-state index contributed by atoms with van der Waals surface area (Å²) in [6.45, 7) is 4.65. The lowest BCUT2D eigenvalue weighted by Gasteiger charge is -2.42. The van der Waals surface area contributed by atoms with Gasteiger partial charge >= 0.3 is 12.1 Å². The maximum atomic E-state index is 12.6. The van der Waals surface area contributed by atoms with Gasteiger partial charge in [-0.15, -0.1) is 0 Å². The zero-order valence-corrected chi connectivity index (χ0v) is 30.2. The maximum absolute atomic E-state index is 12.6. The molecule has 3 heterocycles. The molecule has 2 atom stereocenters. The fourth-order valence-corrected chi connectivity index (χ4v) is 10.6. The predicted molar refractivity (Wildman–Crippen MR) is 193 cm³/mol. The van der Waals surface area contributed by atoms with Crippen LogP contribution < -0.4 is 26.2 Å². The van der Waals surface area contributed by atoms with E-state index >= 15 is 0 Å². The molecule has 1 fully saturated rings. The number of anilines is 1. The van der Waals surface area contributed by atoms with Crippen molar-refractivity contribution >= 4 is 41.7 Å². The molecule has 5 aromatic rings. The van der Waals surface area contributed by atoms with Crippen LogP contribution in [0.4, 0.5) is 19.1 Å². The number of ether oxygens (including phenoxy) is 1. The largest absolute Gasteiger partial charge is 0.471 e. The molecule has 1 amide bonds. The maximum Gasteiger partial charge on any atom is 0.471 e. The van der Waals surface area contributed by atoms with Crippen molar-refractivity contribution in [2.24, 2.45) is 0 Å². The molecule has 274 valence electrons. The molecule has 6 rings (SSSR count). The number of nitrogen functional groups attached to an aromatic ring is 1. The van der Waals surface area contributed by atoms with Crippen molar-refractivity contribution in [3.05, 3.63) is 102 Å². The van der Waals surface area contributed by atoms with Gasteiger partial charge in [-0.3, -0.25) is 9.63 Å². The standard InChI is InChI=1S/C37H42F3N7O4Si/c1-36(2,52(49,29-10-6-4-7-11-29)30-12-8-5-9-13-30)19-18-27-20-28(51-46(27)3)22-47-24-43-31-32(47)44-35(41)45-33(31)50-23-26-16-14-25(15-17-26)21-42-34(48)37(38,39)40/h4-17,24,27-28,49H,18-23H2,1-3H3,(H,42,48)(H2,41,44,45). The number of alkyl halides is 3. The van der Waals surface area contributed by atoms with Gasteiger partial charge in [0.15, 0.2) is 11.2 Å². The molecule has 0 aliphatic carbocycles. The third-order valence-corrected chi connectivity index (χ3v) is 14.3. The average molecular weight is 734 g/mol. The lowest BCUT2D eigenvalue weighted by atomic mass is 9.99. The van der Waals surface area contributed by atoms with Crippen molar-refractivity contribution in [1.29, 1.82) is 0 Å². The Morgan fingerprint density at radius 3 is 2.23 bits per heavy atom. The Labute approximate surface area is 300 Å². The summed E-state index contributed by atoms with van der Waals surface area (Å²) in [7, 11) is -1.19. The minimum atomic E-state index is -4.94. The Balaban J connectivity index is 1.09. The molecule has 0 bridgehead atoms. The number of hydrogen-bond acceptors (Lipinski definition) is 9. The number of hydrogen-bond donors (Lipinski definition) is 3. The fraction of sp³-hybridized carbons (Fsp3) is 0.351. The van der Waals surface area contributed by atoms with Crippen LogP contribution in [0.15, 0.2) is 91.3 Å². The van der Waals surface area contributed by atoms with Gasteiger partial charge in [-0.25, -0.2) is 4.98 Å². The van der Waals surface area contributed by atoms with E-state index in [1.54, 1.807) is 30.6 Å². The molecule has 1 aliphatic rings. The Morgan fingerprint density at radius 2 is 1.62 bits per heavy atom. The summed E-state index contributed by atoms with van der Waals surface area (Å²) >= 11 is 0. The van der Waals surface area contributed by atoms with Crippen LogP contribution in [0.2, 0.25) is 5.04 Å². The molecule has 3 aromatic carbocycles. The minimum absolute atomic E-state index is 0.0121. The molecule has 52 heavy (non-hydrogen) atoms. The van der Waals surface area contributed by atoms with Gasteiger partial charge in [0.1, 0.15) is 6.61 Å². The number of hydroxylamine groups is 2. The highest BCUT2D eigenvalue weighted by Gasteiger charge is 2.50. The molecule has 1 aliphatic heterocycles. The lowest BCUT2D eigenvalue weighted by molar-refractivity contribution is -0.173. The number of nitrogens with two attached hydrogens (primary N) is 1. The molecule has 0 radical (unpaired) electrons. The monoisotopic (exact) mass is 733 g/mol. The van der Waals surface area contributed by atoms with Crippen LogP contribution in [0.3, 0.4) is 0 Å². The van der Waals surface area contributed by atoms with E-state index in [4.69, 9.17) is 15.3 Å². The molecule has 2 aromatic heterocycles. The number of imidazole rings is 1. The zero-order valence-electron chi connectivity index (χ0n) is 29.2. The van der Waals surface area contributed by atoms with E-state index in [9.17, 15) is 22.8 Å². The van der Waals surface area contributed by atoms with Gasteiger partial charge < -0.3 is 25.2 Å². The van der Waals surface area contributed by atoms with Crippen molar-refractivity contribution in [3.63, 3.8) is 0 Å². The van der Waals surface area contributed by atoms with Gasteiger partial charge in [-0.05, 0) is 45.8 Å². The smallest absolute Gasteiger partial charge is 0.471 e. The van der Waals surface area contributed by atoms with Crippen molar-refractivity contribution in [1.82, 2.24) is 29.9 Å². The topological polar surface area (TPSA) is 141 Å². The quantitative estimate of drug-likeness (QED) is 0.150. The van der Waals surface area contributed by atoms with E-state index in [-0.39, 0.29) is 42.2 Å². The van der Waals surface area contributed by atoms with Crippen molar-refractivity contribution in [2.45, 2.75) is 76.2 Å². The van der Waals surface area contributed by atoms with E-state index in [1.807, 2.05) is 82.7 Å². The van der Waals surface area contributed by atoms with Crippen LogP contribution >= 0.6 is 0 Å². The Kier molecular flexibility index (Phi) is 10.7. The molecule has 2 unspecified atom stereocenters. The second-order valence-electron chi connectivity index (χ2n) is 13.8. The van der Waals surface area contributed by atoms with Crippen molar-refractivity contribution in [3.8, 4) is 5.88 Å². The summed E-state index contributed by atoms with van der Waals surface area (Å²) in [5.41, 5.74) is 8.22. The SMILES string of the molecule is CN1OC(Cn2cnc3c(OCc4ccc(CNC(=O)C(F)(F)F)cc4)nc(N)nc32)CC1CCC(C)(C)[Si](O)(c1ccccc1)c1ccccc1. The summed E-state index contributed by atoms with van der Waals surface area (Å²) in [5, 5.41) is 5.36. The Morgan fingerprint density at radius 1 is 1.00 bits per heavy atom. The minimum Gasteiger partial charge on any atom is -0.471 e. The van der Waals surface area contributed by atoms with Gasteiger partial charge in [-0.2, -0.15) is 28.2 Å². The molecule has 0 spiro atoms. The number of carbonyl (C=O) groups is 1. The van der Waals surface area contributed by atoms with Gasteiger partial charge in [-0.1, -0.05) is 98.8 Å². The number of amides is 1. The lowest BCUT2D eigenvalue weighted by Crippen LogP contribution is -2.65. The first-order valence-electron chi connectivity index (χ1n) is 17.0. The van der Waals surface area contributed by atoms with Gasteiger partial charge in [0.05, 0.1) is 19.0 Å². The van der Waals surface area contributed by atoms with Crippen molar-refractivity contribution in [2.75, 3.05) is 12.8 Å². The van der Waals surface area contributed by atoms with Gasteiger partial charge in [0.25, 0.3) is 8.32 Å². The highest BCUT2D eigenvalue weighted by atomic mass is 28.4. The number of fused-ring (bicyclic) bond motifs is 1. The van der Waals surface area contributed by atoms with Crippen LogP contribution in [0.1, 0.15) is 44.2 Å². The second kappa shape index (κ2) is 15.0. The van der Waals surface area contributed by atoms with Crippen LogP contribution in [0.25, 0.3) is 11.2 Å². The van der Waals surface area contributed by atoms with Crippen LogP contribution in [-0.2, 0) is 29.3 Å². The number of aromatic nitrogens is 4. The van der Waals surface area contributed by atoms with Gasteiger partial charge in [0, 0.05) is 19.6 Å². The average Bonchev–Trinajstić information content (AvgIpc) is 3.70. The number of halogens is 3. The highest BCUT2D eigenvalue weighted by molar-refractivity contribution is 6.98. The third kappa shape index (κ3) is 7.97. The highest BCUT2D eigenvalue weighted by Crippen LogP contribution is 2.41. The summed E-state index contributed by atoms with van der Waals surface area (Å²) in [4.78, 5) is 43.1. The number of carbonyl (C=O) groups excluding carboxylic acids is 1. The van der Waals surface area contributed by atoms with Crippen molar-refractivity contribution < 1.29 is 32.3 Å². The van der Waals surface area contributed by atoms with Crippen LogP contribution in [0.5, 0.6) is 5.88 Å². The summed E-state index contributed by atoms with van der Waals surface area (Å²) in [5.74, 6) is -1.78. The van der Waals surface area contributed by atoms with Gasteiger partial charge in [0.2, 0.25) is 11.8 Å². The predicted octanol–water partition coefficient (Wildman–Crippen LogP) is 4.48. The van der Waals surface area contributed by atoms with E-state index in [0.717, 1.165) is 35.2 Å². The summed E-state index contributed by atoms with van der Waals surface area (Å²) in [6.07, 6.45) is -1.05. The first-order valence-corrected chi connectivity index (χ1v) is 19.0. The normalized spacial score (nSPS) is 17.1. The molecule has 1 saturated heterocycles. The molecular formula is C37H42F3N7O4Si. The zero-order chi connectivity index (χ0) is 37.1. The molecular weight excluding hydrogens is 692 g/mol. The Bertz CT molecular complexity index is 1940. The number of benzene rings is 3. The van der Waals surface area contributed by atoms with E-state index in [1.165, 1.54) is 0 Å². The molecule has 15 heteroatoms. The van der Waals surface area contributed by atoms with E-state index in [0.29, 0.717) is 23.3 Å². The third-order valence-electron chi connectivity index (χ3n) is 9.79. The van der Waals surface area contributed by atoms with E-state index < -0.39 is 20.4 Å². The fourth-order valence-electron chi connectivity index (χ4n) is 6.81. The number of nitrogens with zero attached hydrogens (tertiary/aromatic N) is 5. The molecule has 11 nitrogen and oxygen atoms in total. The first kappa shape index (κ1) is 36.9.